The van der Waals surface area contributed by atoms with Crippen molar-refractivity contribution < 1.29 is 9.90 Å². The van der Waals surface area contributed by atoms with Crippen LogP contribution in [0.2, 0.25) is 0 Å². The molecule has 0 heterocycles. The minimum Gasteiger partial charge on any atom is -0.478 e. The van der Waals surface area contributed by atoms with Crippen molar-refractivity contribution in [3.63, 3.8) is 0 Å². The Hall–Kier alpha value is -1.31. The minimum absolute atomic E-state index is 0.443. The van der Waals surface area contributed by atoms with Crippen LogP contribution >= 0.6 is 0 Å². The Morgan fingerprint density at radius 1 is 1.46 bits per heavy atom. The third-order valence-electron chi connectivity index (χ3n) is 1.58. The number of hydrogen-bond acceptors (Lipinski definition) is 1. The molecule has 1 rings (SSSR count). The highest BCUT2D eigenvalue weighted by Gasteiger charge is 2.04. The lowest BCUT2D eigenvalue weighted by molar-refractivity contribution is -0.132. The average molecular weight is 180 g/mol. The molecule has 1 N–H and O–H groups in total. The summed E-state index contributed by atoms with van der Waals surface area (Å²) in [6, 6.07) is 0. The molecule has 0 saturated heterocycles. The van der Waals surface area contributed by atoms with Gasteiger partial charge in [-0.25, -0.2) is 4.79 Å². The number of aliphatic carboxylic acids is 1. The third-order valence-corrected chi connectivity index (χ3v) is 1.58. The van der Waals surface area contributed by atoms with Crippen molar-refractivity contribution in [1.82, 2.24) is 0 Å². The van der Waals surface area contributed by atoms with Crippen molar-refractivity contribution in [2.24, 2.45) is 0 Å². The van der Waals surface area contributed by atoms with Crippen LogP contribution in [-0.2, 0) is 4.79 Å². The zero-order chi connectivity index (χ0) is 10.3. The Bertz CT molecular complexity index is 255. The van der Waals surface area contributed by atoms with Crippen molar-refractivity contribution in [3.8, 4) is 0 Å². The summed E-state index contributed by atoms with van der Waals surface area (Å²) < 4.78 is 0. The van der Waals surface area contributed by atoms with Gasteiger partial charge in [0.05, 0.1) is 0 Å². The normalized spacial score (nSPS) is 14.7. The summed E-state index contributed by atoms with van der Waals surface area (Å²) in [5, 5.41) is 8.62. The third kappa shape index (κ3) is 4.31. The number of carboxylic acid groups (broad SMARTS) is 1. The second kappa shape index (κ2) is 6.23. The number of hydrogen-bond donors (Lipinski definition) is 1. The highest BCUT2D eigenvalue weighted by atomic mass is 16.4. The maximum atomic E-state index is 10.5. The fourth-order valence-electron chi connectivity index (χ4n) is 0.882. The van der Waals surface area contributed by atoms with Crippen LogP contribution in [-0.4, -0.2) is 11.1 Å². The quantitative estimate of drug-likeness (QED) is 0.673. The summed E-state index contributed by atoms with van der Waals surface area (Å²) in [4.78, 5) is 10.5. The molecular formula is C11H16O2. The van der Waals surface area contributed by atoms with E-state index in [1.54, 1.807) is 12.2 Å². The lowest BCUT2D eigenvalue weighted by atomic mass is 10.1. The Morgan fingerprint density at radius 3 is 2.62 bits per heavy atom. The molecule has 0 aromatic rings. The van der Waals surface area contributed by atoms with Gasteiger partial charge in [0, 0.05) is 5.57 Å². The molecule has 0 aromatic heterocycles. The van der Waals surface area contributed by atoms with Crippen LogP contribution in [0.25, 0.3) is 0 Å². The number of carboxylic acids is 1. The molecule has 72 valence electrons. The standard InChI is InChI=1S/C9H10O2.C2H6/c1-7-3-2-4-8(6-5-7)9(10)11;1-2/h2-5H,6H2,1H3,(H,10,11);1-2H3. The van der Waals surface area contributed by atoms with E-state index in [9.17, 15) is 4.79 Å². The summed E-state index contributed by atoms with van der Waals surface area (Å²) >= 11 is 0. The summed E-state index contributed by atoms with van der Waals surface area (Å²) in [5.41, 5.74) is 1.55. The van der Waals surface area contributed by atoms with Gasteiger partial charge in [0.1, 0.15) is 0 Å². The van der Waals surface area contributed by atoms with Crippen LogP contribution in [0.5, 0.6) is 0 Å². The SMILES string of the molecule is CC.CC1=CCC(C(=O)O)=CC=C1. The zero-order valence-electron chi connectivity index (χ0n) is 8.37. The molecular weight excluding hydrogens is 164 g/mol. The van der Waals surface area contributed by atoms with Gasteiger partial charge >= 0.3 is 5.97 Å². The van der Waals surface area contributed by atoms with E-state index in [2.05, 4.69) is 0 Å². The minimum atomic E-state index is -0.833. The molecule has 0 radical (unpaired) electrons. The molecule has 2 nitrogen and oxygen atoms in total. The maximum Gasteiger partial charge on any atom is 0.331 e. The molecule has 0 saturated carbocycles. The summed E-state index contributed by atoms with van der Waals surface area (Å²) in [5.74, 6) is -0.833. The predicted molar refractivity (Wildman–Crippen MR) is 54.6 cm³/mol. The smallest absolute Gasteiger partial charge is 0.331 e. The molecule has 0 bridgehead atoms. The monoisotopic (exact) mass is 180 g/mol. The van der Waals surface area contributed by atoms with Gasteiger partial charge in [0.2, 0.25) is 0 Å². The molecule has 0 aliphatic heterocycles. The molecule has 13 heavy (non-hydrogen) atoms. The van der Waals surface area contributed by atoms with Gasteiger partial charge < -0.3 is 5.11 Å². The second-order valence-electron chi connectivity index (χ2n) is 2.51. The molecule has 0 aromatic carbocycles. The molecule has 1 aliphatic rings. The Labute approximate surface area is 79.3 Å². The van der Waals surface area contributed by atoms with Crippen molar-refractivity contribution in [3.05, 3.63) is 35.5 Å². The largest absolute Gasteiger partial charge is 0.478 e. The maximum absolute atomic E-state index is 10.5. The first-order valence-corrected chi connectivity index (χ1v) is 4.47. The lowest BCUT2D eigenvalue weighted by Gasteiger charge is -1.93. The fraction of sp³-hybridized carbons (Fsp3) is 0.364. The van der Waals surface area contributed by atoms with Gasteiger partial charge in [-0.2, -0.15) is 0 Å². The number of rotatable bonds is 1. The van der Waals surface area contributed by atoms with Crippen molar-refractivity contribution in [2.75, 3.05) is 0 Å². The van der Waals surface area contributed by atoms with Gasteiger partial charge in [-0.05, 0) is 13.3 Å². The molecule has 1 aliphatic carbocycles. The summed E-state index contributed by atoms with van der Waals surface area (Å²) in [6.45, 7) is 5.95. The van der Waals surface area contributed by atoms with Gasteiger partial charge in [-0.1, -0.05) is 43.7 Å². The van der Waals surface area contributed by atoms with Crippen LogP contribution in [0.4, 0.5) is 0 Å². The first-order chi connectivity index (χ1) is 6.20. The molecule has 2 heteroatoms. The average Bonchev–Trinajstić information content (AvgIpc) is 2.33. The lowest BCUT2D eigenvalue weighted by Crippen LogP contribution is -1.98. The second-order valence-corrected chi connectivity index (χ2v) is 2.51. The first-order valence-electron chi connectivity index (χ1n) is 4.47. The van der Waals surface area contributed by atoms with Crippen LogP contribution in [0.3, 0.4) is 0 Å². The van der Waals surface area contributed by atoms with E-state index >= 15 is 0 Å². The van der Waals surface area contributed by atoms with Crippen molar-refractivity contribution >= 4 is 5.97 Å². The van der Waals surface area contributed by atoms with E-state index in [0.29, 0.717) is 12.0 Å². The van der Waals surface area contributed by atoms with Gasteiger partial charge in [0.25, 0.3) is 0 Å². The molecule has 0 fully saturated rings. The Balaban J connectivity index is 0.000000671. The highest BCUT2D eigenvalue weighted by Crippen LogP contribution is 2.10. The van der Waals surface area contributed by atoms with E-state index < -0.39 is 5.97 Å². The van der Waals surface area contributed by atoms with Crippen LogP contribution in [0.1, 0.15) is 27.2 Å². The number of carbonyl (C=O) groups is 1. The van der Waals surface area contributed by atoms with E-state index in [1.807, 2.05) is 32.9 Å². The van der Waals surface area contributed by atoms with Gasteiger partial charge in [-0.3, -0.25) is 0 Å². The van der Waals surface area contributed by atoms with Gasteiger partial charge in [-0.15, -0.1) is 0 Å². The number of allylic oxidation sites excluding steroid dienone is 5. The van der Waals surface area contributed by atoms with E-state index in [0.717, 1.165) is 5.57 Å². The zero-order valence-corrected chi connectivity index (χ0v) is 8.37. The fourth-order valence-corrected chi connectivity index (χ4v) is 0.882. The van der Waals surface area contributed by atoms with Crippen molar-refractivity contribution in [2.45, 2.75) is 27.2 Å². The summed E-state index contributed by atoms with van der Waals surface area (Å²) in [6.07, 6.45) is 7.73. The van der Waals surface area contributed by atoms with E-state index in [1.165, 1.54) is 0 Å². The molecule has 0 atom stereocenters. The summed E-state index contributed by atoms with van der Waals surface area (Å²) in [7, 11) is 0. The van der Waals surface area contributed by atoms with E-state index in [-0.39, 0.29) is 0 Å². The Morgan fingerprint density at radius 2 is 2.08 bits per heavy atom. The van der Waals surface area contributed by atoms with Crippen molar-refractivity contribution in [1.29, 1.82) is 0 Å². The Kier molecular flexibility index (Phi) is 5.60. The highest BCUT2D eigenvalue weighted by molar-refractivity contribution is 5.87. The topological polar surface area (TPSA) is 37.3 Å². The molecule has 0 unspecified atom stereocenters. The van der Waals surface area contributed by atoms with Gasteiger partial charge in [0.15, 0.2) is 0 Å². The molecule has 0 spiro atoms. The van der Waals surface area contributed by atoms with E-state index in [4.69, 9.17) is 5.11 Å². The van der Waals surface area contributed by atoms with Crippen LogP contribution in [0, 0.1) is 0 Å². The van der Waals surface area contributed by atoms with Crippen LogP contribution in [0.15, 0.2) is 35.5 Å². The first kappa shape index (κ1) is 11.7. The molecule has 0 amide bonds. The predicted octanol–water partition coefficient (Wildman–Crippen LogP) is 2.93. The van der Waals surface area contributed by atoms with Crippen LogP contribution < -0.4 is 0 Å².